The Morgan fingerprint density at radius 3 is 2.82 bits per heavy atom. The zero-order valence-corrected chi connectivity index (χ0v) is 5.86. The van der Waals surface area contributed by atoms with Crippen LogP contribution in [0.15, 0.2) is 36.5 Å². The van der Waals surface area contributed by atoms with E-state index < -0.39 is 0 Å². The van der Waals surface area contributed by atoms with Crippen molar-refractivity contribution in [2.24, 2.45) is 0 Å². The van der Waals surface area contributed by atoms with E-state index in [4.69, 9.17) is 5.26 Å². The van der Waals surface area contributed by atoms with Gasteiger partial charge in [-0.1, -0.05) is 18.2 Å². The highest BCUT2D eigenvalue weighted by Gasteiger charge is 1.95. The summed E-state index contributed by atoms with van der Waals surface area (Å²) in [6.45, 7) is 0. The fourth-order valence-electron chi connectivity index (χ4n) is 1.17. The highest BCUT2D eigenvalue weighted by molar-refractivity contribution is 5.80. The van der Waals surface area contributed by atoms with Crippen LogP contribution in [0.5, 0.6) is 0 Å². The first-order valence-corrected chi connectivity index (χ1v) is 3.38. The molecule has 1 aromatic heterocycles. The maximum Gasteiger partial charge on any atom is 0.188 e. The zero-order chi connectivity index (χ0) is 7.68. The molecule has 0 bridgehead atoms. The van der Waals surface area contributed by atoms with Gasteiger partial charge in [-0.2, -0.15) is 5.26 Å². The van der Waals surface area contributed by atoms with Crippen LogP contribution in [0, 0.1) is 11.5 Å². The Labute approximate surface area is 64.3 Å². The SMILES string of the molecule is N#Cn1ccc2ccccc21. The van der Waals surface area contributed by atoms with Crippen molar-refractivity contribution in [2.75, 3.05) is 0 Å². The van der Waals surface area contributed by atoms with Gasteiger partial charge in [0, 0.05) is 11.6 Å². The Bertz CT molecular complexity index is 420. The Kier molecular flexibility index (Phi) is 1.16. The fourth-order valence-corrected chi connectivity index (χ4v) is 1.17. The van der Waals surface area contributed by atoms with Crippen molar-refractivity contribution in [3.8, 4) is 6.19 Å². The Hall–Kier alpha value is -1.75. The van der Waals surface area contributed by atoms with E-state index in [-0.39, 0.29) is 0 Å². The second kappa shape index (κ2) is 2.14. The lowest BCUT2D eigenvalue weighted by Gasteiger charge is -1.89. The average molecular weight is 142 g/mol. The van der Waals surface area contributed by atoms with Crippen molar-refractivity contribution in [2.45, 2.75) is 0 Å². The summed E-state index contributed by atoms with van der Waals surface area (Å²) in [5, 5.41) is 9.74. The molecule has 0 fully saturated rings. The maximum atomic E-state index is 8.64. The normalized spacial score (nSPS) is 9.73. The fraction of sp³-hybridized carbons (Fsp3) is 0. The summed E-state index contributed by atoms with van der Waals surface area (Å²) < 4.78 is 1.55. The van der Waals surface area contributed by atoms with Crippen LogP contribution >= 0.6 is 0 Å². The van der Waals surface area contributed by atoms with Crippen LogP contribution in [-0.4, -0.2) is 4.57 Å². The van der Waals surface area contributed by atoms with Crippen molar-refractivity contribution >= 4 is 10.9 Å². The third-order valence-corrected chi connectivity index (χ3v) is 1.71. The second-order valence-electron chi connectivity index (χ2n) is 2.34. The van der Waals surface area contributed by atoms with E-state index in [1.54, 1.807) is 10.8 Å². The molecule has 0 aliphatic heterocycles. The number of nitrogens with zero attached hydrogens (tertiary/aromatic N) is 2. The number of para-hydroxylation sites is 1. The first-order chi connectivity index (χ1) is 5.42. The van der Waals surface area contributed by atoms with E-state index in [0.717, 1.165) is 10.9 Å². The predicted molar refractivity (Wildman–Crippen MR) is 42.9 cm³/mol. The molecule has 0 amide bonds. The van der Waals surface area contributed by atoms with Gasteiger partial charge in [0.15, 0.2) is 6.19 Å². The topological polar surface area (TPSA) is 28.7 Å². The van der Waals surface area contributed by atoms with Gasteiger partial charge in [0.25, 0.3) is 0 Å². The predicted octanol–water partition coefficient (Wildman–Crippen LogP) is 1.97. The molecular formula is C9H6N2. The third-order valence-electron chi connectivity index (χ3n) is 1.71. The van der Waals surface area contributed by atoms with Crippen molar-refractivity contribution in [3.63, 3.8) is 0 Å². The summed E-state index contributed by atoms with van der Waals surface area (Å²) in [6, 6.07) is 9.74. The van der Waals surface area contributed by atoms with Crippen LogP contribution in [0.25, 0.3) is 10.9 Å². The number of hydrogen-bond donors (Lipinski definition) is 0. The minimum Gasteiger partial charge on any atom is -0.254 e. The van der Waals surface area contributed by atoms with Crippen LogP contribution in [0.3, 0.4) is 0 Å². The van der Waals surface area contributed by atoms with Gasteiger partial charge < -0.3 is 0 Å². The number of nitriles is 1. The van der Waals surface area contributed by atoms with Gasteiger partial charge in [-0.25, -0.2) is 0 Å². The lowest BCUT2D eigenvalue weighted by atomic mass is 10.2. The third kappa shape index (κ3) is 0.786. The van der Waals surface area contributed by atoms with Crippen molar-refractivity contribution < 1.29 is 0 Å². The quantitative estimate of drug-likeness (QED) is 0.552. The molecule has 0 N–H and O–H groups in total. The van der Waals surface area contributed by atoms with Gasteiger partial charge in [0.2, 0.25) is 0 Å². The van der Waals surface area contributed by atoms with Crippen LogP contribution < -0.4 is 0 Å². The number of fused-ring (bicyclic) bond motifs is 1. The first kappa shape index (κ1) is 5.99. The van der Waals surface area contributed by atoms with Gasteiger partial charge >= 0.3 is 0 Å². The number of benzene rings is 1. The molecule has 0 radical (unpaired) electrons. The lowest BCUT2D eigenvalue weighted by Crippen LogP contribution is -1.81. The number of rotatable bonds is 0. The molecule has 1 aromatic carbocycles. The van der Waals surface area contributed by atoms with Crippen LogP contribution in [0.4, 0.5) is 0 Å². The molecule has 0 spiro atoms. The molecule has 0 unspecified atom stereocenters. The average Bonchev–Trinajstić information content (AvgIpc) is 2.47. The summed E-state index contributed by atoms with van der Waals surface area (Å²) in [5.41, 5.74) is 0.968. The van der Waals surface area contributed by atoms with E-state index in [9.17, 15) is 0 Å². The molecule has 0 saturated carbocycles. The highest BCUT2D eigenvalue weighted by Crippen LogP contribution is 2.13. The standard InChI is InChI=1S/C9H6N2/c10-7-11-6-5-8-3-1-2-4-9(8)11/h1-6H. The van der Waals surface area contributed by atoms with Crippen LogP contribution in [0.2, 0.25) is 0 Å². The second-order valence-corrected chi connectivity index (χ2v) is 2.34. The monoisotopic (exact) mass is 142 g/mol. The summed E-state index contributed by atoms with van der Waals surface area (Å²) >= 11 is 0. The molecule has 2 heteroatoms. The molecular weight excluding hydrogens is 136 g/mol. The Morgan fingerprint density at radius 2 is 2.00 bits per heavy atom. The molecule has 0 atom stereocenters. The molecule has 11 heavy (non-hydrogen) atoms. The molecule has 0 saturated heterocycles. The van der Waals surface area contributed by atoms with Crippen LogP contribution in [0.1, 0.15) is 0 Å². The van der Waals surface area contributed by atoms with Gasteiger partial charge in [-0.05, 0) is 12.1 Å². The van der Waals surface area contributed by atoms with E-state index in [2.05, 4.69) is 6.19 Å². The summed E-state index contributed by atoms with van der Waals surface area (Å²) in [5.74, 6) is 0. The number of aromatic nitrogens is 1. The summed E-state index contributed by atoms with van der Waals surface area (Å²) in [6.07, 6.45) is 3.84. The molecule has 0 aliphatic rings. The van der Waals surface area contributed by atoms with Gasteiger partial charge in [0.05, 0.1) is 5.52 Å². The summed E-state index contributed by atoms with van der Waals surface area (Å²) in [7, 11) is 0. The minimum atomic E-state index is 0.968. The minimum absolute atomic E-state index is 0.968. The largest absolute Gasteiger partial charge is 0.254 e. The first-order valence-electron chi connectivity index (χ1n) is 3.38. The van der Waals surface area contributed by atoms with Crippen LogP contribution in [-0.2, 0) is 0 Å². The van der Waals surface area contributed by atoms with Gasteiger partial charge in [-0.15, -0.1) is 0 Å². The van der Waals surface area contributed by atoms with E-state index in [1.165, 1.54) is 0 Å². The molecule has 0 aliphatic carbocycles. The molecule has 2 nitrogen and oxygen atoms in total. The van der Waals surface area contributed by atoms with Gasteiger partial charge in [-0.3, -0.25) is 4.57 Å². The Balaban J connectivity index is 2.89. The van der Waals surface area contributed by atoms with E-state index in [0.29, 0.717) is 0 Å². The molecule has 52 valence electrons. The number of hydrogen-bond acceptors (Lipinski definition) is 1. The van der Waals surface area contributed by atoms with Crippen molar-refractivity contribution in [3.05, 3.63) is 36.5 Å². The van der Waals surface area contributed by atoms with Gasteiger partial charge in [0.1, 0.15) is 0 Å². The zero-order valence-electron chi connectivity index (χ0n) is 5.86. The molecule has 2 aromatic rings. The van der Waals surface area contributed by atoms with Crippen molar-refractivity contribution in [1.29, 1.82) is 5.26 Å². The molecule has 2 rings (SSSR count). The van der Waals surface area contributed by atoms with Crippen molar-refractivity contribution in [1.82, 2.24) is 4.57 Å². The smallest absolute Gasteiger partial charge is 0.188 e. The van der Waals surface area contributed by atoms with E-state index >= 15 is 0 Å². The maximum absolute atomic E-state index is 8.64. The summed E-state index contributed by atoms with van der Waals surface area (Å²) in [4.78, 5) is 0. The van der Waals surface area contributed by atoms with E-state index in [1.807, 2.05) is 30.3 Å². The highest BCUT2D eigenvalue weighted by atomic mass is 14.9. The Morgan fingerprint density at radius 1 is 1.18 bits per heavy atom. The molecule has 1 heterocycles. The lowest BCUT2D eigenvalue weighted by molar-refractivity contribution is 1.15.